The number of anilines is 1. The number of nitrogens with one attached hydrogen (secondary N) is 1. The monoisotopic (exact) mass is 324 g/mol. The molecule has 2 rings (SSSR count). The smallest absolute Gasteiger partial charge is 0.417 e. The number of rotatable bonds is 5. The molecule has 1 N–H and O–H groups in total. The summed E-state index contributed by atoms with van der Waals surface area (Å²) in [4.78, 5) is 15.2. The maximum Gasteiger partial charge on any atom is 0.417 e. The lowest BCUT2D eigenvalue weighted by Crippen LogP contribution is -2.21. The standard InChI is InChI=1S/C16H15F3N2O2/c1-2-11-3-6-13(7-4-11)23-10-15(22)21-14-8-5-12(9-20-14)16(17,18)19/h3-9H,2,10H2,1H3,(H,20,21,22). The molecule has 1 aromatic heterocycles. The Balaban J connectivity index is 1.86. The maximum absolute atomic E-state index is 12.4. The summed E-state index contributed by atoms with van der Waals surface area (Å²) in [5.74, 6) is 0.0717. The molecule has 0 aliphatic heterocycles. The molecule has 23 heavy (non-hydrogen) atoms. The lowest BCUT2D eigenvalue weighted by molar-refractivity contribution is -0.137. The van der Waals surface area contributed by atoms with E-state index in [1.54, 1.807) is 12.1 Å². The summed E-state index contributed by atoms with van der Waals surface area (Å²) in [6.07, 6.45) is -2.89. The minimum Gasteiger partial charge on any atom is -0.484 e. The van der Waals surface area contributed by atoms with Crippen LogP contribution in [0.4, 0.5) is 19.0 Å². The molecule has 2 aromatic rings. The van der Waals surface area contributed by atoms with Crippen LogP contribution >= 0.6 is 0 Å². The number of amides is 1. The number of pyridine rings is 1. The first-order chi connectivity index (χ1) is 10.9. The molecule has 0 spiro atoms. The summed E-state index contributed by atoms with van der Waals surface area (Å²) >= 11 is 0. The number of nitrogens with zero attached hydrogens (tertiary/aromatic N) is 1. The summed E-state index contributed by atoms with van der Waals surface area (Å²) in [5, 5.41) is 2.37. The van der Waals surface area contributed by atoms with Crippen LogP contribution in [0.15, 0.2) is 42.6 Å². The Morgan fingerprint density at radius 3 is 2.39 bits per heavy atom. The van der Waals surface area contributed by atoms with Gasteiger partial charge in [0.15, 0.2) is 6.61 Å². The fraction of sp³-hybridized carbons (Fsp3) is 0.250. The van der Waals surface area contributed by atoms with Crippen LogP contribution in [0.5, 0.6) is 5.75 Å². The van der Waals surface area contributed by atoms with E-state index in [0.717, 1.165) is 24.1 Å². The summed E-state index contributed by atoms with van der Waals surface area (Å²) in [6.45, 7) is 1.77. The first kappa shape index (κ1) is 16.8. The molecule has 0 bridgehead atoms. The van der Waals surface area contributed by atoms with E-state index in [1.165, 1.54) is 0 Å². The van der Waals surface area contributed by atoms with Crippen LogP contribution in [0.3, 0.4) is 0 Å². The normalized spacial score (nSPS) is 11.1. The van der Waals surface area contributed by atoms with Gasteiger partial charge in [0.25, 0.3) is 5.91 Å². The van der Waals surface area contributed by atoms with Crippen molar-refractivity contribution in [3.05, 3.63) is 53.7 Å². The lowest BCUT2D eigenvalue weighted by Gasteiger charge is -2.09. The number of ether oxygens (including phenoxy) is 1. The van der Waals surface area contributed by atoms with Gasteiger partial charge in [0.1, 0.15) is 11.6 Å². The Bertz CT molecular complexity index is 653. The first-order valence-corrected chi connectivity index (χ1v) is 6.93. The van der Waals surface area contributed by atoms with Gasteiger partial charge >= 0.3 is 6.18 Å². The fourth-order valence-electron chi connectivity index (χ4n) is 1.78. The minimum absolute atomic E-state index is 0.0351. The van der Waals surface area contributed by atoms with Crippen LogP contribution in [0, 0.1) is 0 Å². The summed E-state index contributed by atoms with van der Waals surface area (Å²) < 4.78 is 42.5. The SMILES string of the molecule is CCc1ccc(OCC(=O)Nc2ccc(C(F)(F)F)cn2)cc1. The fourth-order valence-corrected chi connectivity index (χ4v) is 1.78. The second-order valence-corrected chi connectivity index (χ2v) is 4.76. The van der Waals surface area contributed by atoms with Crippen molar-refractivity contribution in [1.29, 1.82) is 0 Å². The number of aryl methyl sites for hydroxylation is 1. The van der Waals surface area contributed by atoms with Crippen molar-refractivity contribution in [2.75, 3.05) is 11.9 Å². The highest BCUT2D eigenvalue weighted by atomic mass is 19.4. The zero-order chi connectivity index (χ0) is 16.9. The van der Waals surface area contributed by atoms with E-state index < -0.39 is 17.6 Å². The predicted molar refractivity (Wildman–Crippen MR) is 79.2 cm³/mol. The molecule has 0 saturated heterocycles. The summed E-state index contributed by atoms with van der Waals surface area (Å²) in [7, 11) is 0. The maximum atomic E-state index is 12.4. The molecule has 0 saturated carbocycles. The van der Waals surface area contributed by atoms with E-state index in [1.807, 2.05) is 19.1 Å². The van der Waals surface area contributed by atoms with E-state index in [-0.39, 0.29) is 12.4 Å². The van der Waals surface area contributed by atoms with E-state index in [4.69, 9.17) is 4.74 Å². The van der Waals surface area contributed by atoms with Crippen molar-refractivity contribution in [3.8, 4) is 5.75 Å². The summed E-state index contributed by atoms with van der Waals surface area (Å²) in [5.41, 5.74) is 0.276. The minimum atomic E-state index is -4.46. The van der Waals surface area contributed by atoms with Crippen LogP contribution in [0.1, 0.15) is 18.1 Å². The third-order valence-electron chi connectivity index (χ3n) is 3.06. The number of aromatic nitrogens is 1. The predicted octanol–water partition coefficient (Wildman–Crippen LogP) is 3.68. The van der Waals surface area contributed by atoms with Gasteiger partial charge < -0.3 is 10.1 Å². The number of benzene rings is 1. The van der Waals surface area contributed by atoms with Gasteiger partial charge in [0, 0.05) is 6.20 Å². The molecule has 1 aromatic carbocycles. The van der Waals surface area contributed by atoms with Crippen LogP contribution in [-0.2, 0) is 17.4 Å². The van der Waals surface area contributed by atoms with Crippen LogP contribution in [0.25, 0.3) is 0 Å². The van der Waals surface area contributed by atoms with Gasteiger partial charge in [0.2, 0.25) is 0 Å². The Morgan fingerprint density at radius 2 is 1.87 bits per heavy atom. The average molecular weight is 324 g/mol. The van der Waals surface area contributed by atoms with Gasteiger partial charge in [-0.05, 0) is 36.2 Å². The van der Waals surface area contributed by atoms with Crippen molar-refractivity contribution < 1.29 is 22.7 Å². The second-order valence-electron chi connectivity index (χ2n) is 4.76. The number of carbonyl (C=O) groups is 1. The summed E-state index contributed by atoms with van der Waals surface area (Å²) in [6, 6.07) is 9.24. The third kappa shape index (κ3) is 4.98. The molecule has 0 atom stereocenters. The van der Waals surface area contributed by atoms with E-state index >= 15 is 0 Å². The van der Waals surface area contributed by atoms with Gasteiger partial charge in [-0.2, -0.15) is 13.2 Å². The van der Waals surface area contributed by atoms with Gasteiger partial charge in [-0.1, -0.05) is 19.1 Å². The Hall–Kier alpha value is -2.57. The molecule has 0 aliphatic carbocycles. The Kier molecular flexibility index (Phi) is 5.20. The molecule has 122 valence electrons. The Morgan fingerprint density at radius 1 is 1.17 bits per heavy atom. The molecule has 0 aliphatic rings. The largest absolute Gasteiger partial charge is 0.484 e. The number of halogens is 3. The quantitative estimate of drug-likeness (QED) is 0.913. The molecule has 0 unspecified atom stereocenters. The van der Waals surface area contributed by atoms with E-state index in [0.29, 0.717) is 11.9 Å². The van der Waals surface area contributed by atoms with Crippen LogP contribution < -0.4 is 10.1 Å². The highest BCUT2D eigenvalue weighted by molar-refractivity contribution is 5.90. The van der Waals surface area contributed by atoms with E-state index in [2.05, 4.69) is 10.3 Å². The molecular formula is C16H15F3N2O2. The molecule has 1 heterocycles. The number of alkyl halides is 3. The van der Waals surface area contributed by atoms with Gasteiger partial charge in [-0.3, -0.25) is 4.79 Å². The van der Waals surface area contributed by atoms with Crippen LogP contribution in [-0.4, -0.2) is 17.5 Å². The highest BCUT2D eigenvalue weighted by Gasteiger charge is 2.30. The van der Waals surface area contributed by atoms with Gasteiger partial charge in [-0.25, -0.2) is 4.98 Å². The van der Waals surface area contributed by atoms with Crippen molar-refractivity contribution in [3.63, 3.8) is 0 Å². The Labute approximate surface area is 131 Å². The number of hydrogen-bond acceptors (Lipinski definition) is 3. The highest BCUT2D eigenvalue weighted by Crippen LogP contribution is 2.28. The number of hydrogen-bond donors (Lipinski definition) is 1. The molecule has 1 amide bonds. The molecule has 4 nitrogen and oxygen atoms in total. The van der Waals surface area contributed by atoms with Crippen LogP contribution in [0.2, 0.25) is 0 Å². The topological polar surface area (TPSA) is 51.2 Å². The number of carbonyl (C=O) groups excluding carboxylic acids is 1. The van der Waals surface area contributed by atoms with Gasteiger partial charge in [-0.15, -0.1) is 0 Å². The third-order valence-corrected chi connectivity index (χ3v) is 3.06. The lowest BCUT2D eigenvalue weighted by atomic mass is 10.2. The molecule has 0 radical (unpaired) electrons. The zero-order valence-corrected chi connectivity index (χ0v) is 12.4. The molecule has 7 heteroatoms. The van der Waals surface area contributed by atoms with Crippen molar-refractivity contribution in [2.24, 2.45) is 0 Å². The van der Waals surface area contributed by atoms with Crippen molar-refractivity contribution in [2.45, 2.75) is 19.5 Å². The first-order valence-electron chi connectivity index (χ1n) is 6.93. The zero-order valence-electron chi connectivity index (χ0n) is 12.4. The second kappa shape index (κ2) is 7.13. The molecule has 0 fully saturated rings. The van der Waals surface area contributed by atoms with E-state index in [9.17, 15) is 18.0 Å². The van der Waals surface area contributed by atoms with Crippen molar-refractivity contribution >= 4 is 11.7 Å². The average Bonchev–Trinajstić information content (AvgIpc) is 2.53. The van der Waals surface area contributed by atoms with Gasteiger partial charge in [0.05, 0.1) is 5.56 Å². The molecular weight excluding hydrogens is 309 g/mol. The van der Waals surface area contributed by atoms with Crippen molar-refractivity contribution in [1.82, 2.24) is 4.98 Å².